The molecule has 0 aliphatic rings. The second-order valence-electron chi connectivity index (χ2n) is 8.43. The number of para-hydroxylation sites is 1. The Morgan fingerprint density at radius 3 is 2.35 bits per heavy atom. The standard InChI is InChI=1S/C27H26F3N3O3S/c1-3-18-17-32-26-23(11-6-12-24(26)27(28,29)30)25(18)19-7-4-8-20(15-19)36-21-9-5-10-22(16-21)37(34,35)33(2)14-13-31/h4-12,15-17H,3,13-14,31H2,1-2H3. The summed E-state index contributed by atoms with van der Waals surface area (Å²) in [7, 11) is -2.29. The van der Waals surface area contributed by atoms with Gasteiger partial charge in [-0.05, 0) is 53.4 Å². The normalized spacial score (nSPS) is 12.3. The number of alkyl halides is 3. The van der Waals surface area contributed by atoms with E-state index in [1.807, 2.05) is 6.92 Å². The Kier molecular flexibility index (Phi) is 7.54. The van der Waals surface area contributed by atoms with Crippen molar-refractivity contribution < 1.29 is 26.3 Å². The van der Waals surface area contributed by atoms with Crippen LogP contribution in [0, 0.1) is 0 Å². The van der Waals surface area contributed by atoms with E-state index < -0.39 is 21.8 Å². The molecule has 0 unspecified atom stereocenters. The van der Waals surface area contributed by atoms with Crippen molar-refractivity contribution in [1.82, 2.24) is 9.29 Å². The third-order valence-corrected chi connectivity index (χ3v) is 7.83. The number of hydrogen-bond acceptors (Lipinski definition) is 5. The predicted octanol–water partition coefficient (Wildman–Crippen LogP) is 5.85. The van der Waals surface area contributed by atoms with Crippen molar-refractivity contribution in [2.75, 3.05) is 20.1 Å². The minimum Gasteiger partial charge on any atom is -0.457 e. The first-order valence-electron chi connectivity index (χ1n) is 11.6. The highest BCUT2D eigenvalue weighted by Crippen LogP contribution is 2.39. The lowest BCUT2D eigenvalue weighted by Gasteiger charge is -2.17. The SMILES string of the molecule is CCc1cnc2c(C(F)(F)F)cccc2c1-c1cccc(Oc2cccc(S(=O)(=O)N(C)CCN)c2)c1. The van der Waals surface area contributed by atoms with Crippen LogP contribution in [-0.4, -0.2) is 37.8 Å². The summed E-state index contributed by atoms with van der Waals surface area (Å²) in [5.74, 6) is 0.704. The van der Waals surface area contributed by atoms with Crippen molar-refractivity contribution >= 4 is 20.9 Å². The fourth-order valence-corrected chi connectivity index (χ4v) is 5.35. The molecule has 0 aliphatic heterocycles. The number of ether oxygens (including phenoxy) is 1. The van der Waals surface area contributed by atoms with Crippen LogP contribution in [-0.2, 0) is 22.6 Å². The van der Waals surface area contributed by atoms with Gasteiger partial charge >= 0.3 is 6.18 Å². The van der Waals surface area contributed by atoms with Crippen molar-refractivity contribution in [3.05, 3.63) is 84.1 Å². The topological polar surface area (TPSA) is 85.5 Å². The molecule has 1 aromatic heterocycles. The quantitative estimate of drug-likeness (QED) is 0.309. The Labute approximate surface area is 213 Å². The maximum absolute atomic E-state index is 13.6. The number of hydrogen-bond donors (Lipinski definition) is 1. The molecule has 6 nitrogen and oxygen atoms in total. The average molecular weight is 530 g/mol. The average Bonchev–Trinajstić information content (AvgIpc) is 2.87. The van der Waals surface area contributed by atoms with Crippen molar-refractivity contribution in [1.29, 1.82) is 0 Å². The largest absolute Gasteiger partial charge is 0.457 e. The van der Waals surface area contributed by atoms with E-state index in [1.165, 1.54) is 35.7 Å². The lowest BCUT2D eigenvalue weighted by Crippen LogP contribution is -2.31. The van der Waals surface area contributed by atoms with Gasteiger partial charge in [-0.25, -0.2) is 8.42 Å². The van der Waals surface area contributed by atoms with E-state index in [0.29, 0.717) is 34.4 Å². The van der Waals surface area contributed by atoms with E-state index in [2.05, 4.69) is 4.98 Å². The molecule has 0 saturated heterocycles. The molecule has 10 heteroatoms. The molecule has 194 valence electrons. The van der Waals surface area contributed by atoms with Crippen LogP contribution >= 0.6 is 0 Å². The fraction of sp³-hybridized carbons (Fsp3) is 0.222. The molecular weight excluding hydrogens is 503 g/mol. The van der Waals surface area contributed by atoms with Gasteiger partial charge in [-0.1, -0.05) is 37.3 Å². The van der Waals surface area contributed by atoms with Crippen LogP contribution in [0.3, 0.4) is 0 Å². The smallest absolute Gasteiger partial charge is 0.418 e. The maximum Gasteiger partial charge on any atom is 0.418 e. The van der Waals surface area contributed by atoms with Gasteiger partial charge in [-0.15, -0.1) is 0 Å². The molecule has 0 radical (unpaired) electrons. The van der Waals surface area contributed by atoms with Gasteiger partial charge in [-0.2, -0.15) is 17.5 Å². The summed E-state index contributed by atoms with van der Waals surface area (Å²) in [6.07, 6.45) is -2.49. The summed E-state index contributed by atoms with van der Waals surface area (Å²) >= 11 is 0. The summed E-state index contributed by atoms with van der Waals surface area (Å²) in [6, 6.07) is 17.1. The molecule has 0 saturated carbocycles. The Morgan fingerprint density at radius 1 is 1.00 bits per heavy atom. The second kappa shape index (κ2) is 10.5. The van der Waals surface area contributed by atoms with E-state index >= 15 is 0 Å². The van der Waals surface area contributed by atoms with Crippen molar-refractivity contribution in [3.8, 4) is 22.6 Å². The number of benzene rings is 3. The summed E-state index contributed by atoms with van der Waals surface area (Å²) in [6.45, 7) is 2.27. The van der Waals surface area contributed by atoms with Crippen molar-refractivity contribution in [2.45, 2.75) is 24.4 Å². The lowest BCUT2D eigenvalue weighted by atomic mass is 9.93. The van der Waals surface area contributed by atoms with Gasteiger partial charge in [0, 0.05) is 37.8 Å². The Hall–Kier alpha value is -3.47. The number of fused-ring (bicyclic) bond motifs is 1. The van der Waals surface area contributed by atoms with Crippen LogP contribution in [0.2, 0.25) is 0 Å². The van der Waals surface area contributed by atoms with Gasteiger partial charge in [0.1, 0.15) is 11.5 Å². The number of aromatic nitrogens is 1. The molecule has 3 aromatic carbocycles. The summed E-state index contributed by atoms with van der Waals surface area (Å²) in [4.78, 5) is 4.20. The number of sulfonamides is 1. The van der Waals surface area contributed by atoms with Crippen LogP contribution < -0.4 is 10.5 Å². The number of halogens is 3. The predicted molar refractivity (Wildman–Crippen MR) is 137 cm³/mol. The Balaban J connectivity index is 1.75. The van der Waals surface area contributed by atoms with Gasteiger partial charge in [0.2, 0.25) is 10.0 Å². The molecule has 37 heavy (non-hydrogen) atoms. The molecule has 2 N–H and O–H groups in total. The fourth-order valence-electron chi connectivity index (χ4n) is 4.13. The number of nitrogens with two attached hydrogens (primary N) is 1. The zero-order valence-electron chi connectivity index (χ0n) is 20.3. The minimum absolute atomic E-state index is 0.0604. The molecular formula is C27H26F3N3O3S. The van der Waals surface area contributed by atoms with Crippen LogP contribution in [0.25, 0.3) is 22.0 Å². The molecule has 0 fully saturated rings. The lowest BCUT2D eigenvalue weighted by molar-refractivity contribution is -0.136. The van der Waals surface area contributed by atoms with Gasteiger partial charge in [0.15, 0.2) is 0 Å². The molecule has 0 amide bonds. The molecule has 0 atom stereocenters. The van der Waals surface area contributed by atoms with Gasteiger partial charge in [0.05, 0.1) is 16.0 Å². The maximum atomic E-state index is 13.6. The highest BCUT2D eigenvalue weighted by molar-refractivity contribution is 7.89. The van der Waals surface area contributed by atoms with E-state index in [-0.39, 0.29) is 23.5 Å². The number of nitrogens with zero attached hydrogens (tertiary/aromatic N) is 2. The molecule has 0 bridgehead atoms. The summed E-state index contributed by atoms with van der Waals surface area (Å²) < 4.78 is 73.6. The van der Waals surface area contributed by atoms with E-state index in [4.69, 9.17) is 10.5 Å². The van der Waals surface area contributed by atoms with Gasteiger partial charge in [-0.3, -0.25) is 4.98 Å². The van der Waals surface area contributed by atoms with E-state index in [1.54, 1.807) is 42.5 Å². The zero-order valence-corrected chi connectivity index (χ0v) is 21.1. The molecule has 4 rings (SSSR count). The number of pyridine rings is 1. The number of likely N-dealkylation sites (N-methyl/N-ethyl adjacent to an activating group) is 1. The van der Waals surface area contributed by atoms with E-state index in [0.717, 1.165) is 11.6 Å². The van der Waals surface area contributed by atoms with Crippen LogP contribution in [0.15, 0.2) is 77.8 Å². The molecule has 0 spiro atoms. The van der Waals surface area contributed by atoms with Crippen molar-refractivity contribution in [3.63, 3.8) is 0 Å². The highest BCUT2D eigenvalue weighted by Gasteiger charge is 2.33. The van der Waals surface area contributed by atoms with Crippen LogP contribution in [0.4, 0.5) is 13.2 Å². The minimum atomic E-state index is -4.54. The van der Waals surface area contributed by atoms with E-state index in [9.17, 15) is 21.6 Å². The number of rotatable bonds is 8. The summed E-state index contributed by atoms with van der Waals surface area (Å²) in [5, 5.41) is 0.391. The first-order valence-corrected chi connectivity index (χ1v) is 13.0. The second-order valence-corrected chi connectivity index (χ2v) is 10.5. The first kappa shape index (κ1) is 26.6. The summed E-state index contributed by atoms with van der Waals surface area (Å²) in [5.41, 5.74) is 6.68. The van der Waals surface area contributed by atoms with Gasteiger partial charge < -0.3 is 10.5 Å². The van der Waals surface area contributed by atoms with Crippen LogP contribution in [0.5, 0.6) is 11.5 Å². The zero-order chi connectivity index (χ0) is 26.8. The Bertz CT molecular complexity index is 1540. The third kappa shape index (κ3) is 5.46. The van der Waals surface area contributed by atoms with Crippen LogP contribution in [0.1, 0.15) is 18.1 Å². The first-order chi connectivity index (χ1) is 17.6. The Morgan fingerprint density at radius 2 is 1.68 bits per heavy atom. The van der Waals surface area contributed by atoms with Gasteiger partial charge in [0.25, 0.3) is 0 Å². The highest BCUT2D eigenvalue weighted by atomic mass is 32.2. The number of aryl methyl sites for hydroxylation is 1. The molecule has 4 aromatic rings. The molecule has 0 aliphatic carbocycles. The van der Waals surface area contributed by atoms with Crippen molar-refractivity contribution in [2.24, 2.45) is 5.73 Å². The monoisotopic (exact) mass is 529 g/mol. The third-order valence-electron chi connectivity index (χ3n) is 5.98. The molecule has 1 heterocycles.